The van der Waals surface area contributed by atoms with Gasteiger partial charge in [0.25, 0.3) is 0 Å². The smallest absolute Gasteiger partial charge is 0.313 e. The van der Waals surface area contributed by atoms with Crippen LogP contribution in [-0.2, 0) is 16.0 Å². The van der Waals surface area contributed by atoms with Crippen molar-refractivity contribution in [3.63, 3.8) is 0 Å². The normalized spacial score (nSPS) is 12.6. The quantitative estimate of drug-likeness (QED) is 0.704. The van der Waals surface area contributed by atoms with Gasteiger partial charge >= 0.3 is 11.8 Å². The molecule has 0 saturated carbocycles. The van der Waals surface area contributed by atoms with E-state index < -0.39 is 17.9 Å². The first kappa shape index (κ1) is 18.2. The first-order valence-corrected chi connectivity index (χ1v) is 7.60. The van der Waals surface area contributed by atoms with Gasteiger partial charge in [0.05, 0.1) is 6.10 Å². The third-order valence-corrected chi connectivity index (χ3v) is 3.43. The Morgan fingerprint density at radius 2 is 1.86 bits per heavy atom. The van der Waals surface area contributed by atoms with E-state index in [0.717, 1.165) is 12.0 Å². The number of benzene rings is 1. The molecule has 3 N–H and O–H groups in total. The van der Waals surface area contributed by atoms with Crippen molar-refractivity contribution < 1.29 is 14.7 Å². The highest BCUT2D eigenvalue weighted by atomic mass is 16.3. The highest BCUT2D eigenvalue weighted by Crippen LogP contribution is 2.21. The molecule has 0 heterocycles. The minimum absolute atomic E-state index is 0.272. The van der Waals surface area contributed by atoms with Crippen molar-refractivity contribution in [2.45, 2.75) is 46.6 Å². The summed E-state index contributed by atoms with van der Waals surface area (Å²) >= 11 is 0. The minimum Gasteiger partial charge on any atom is -0.393 e. The highest BCUT2D eigenvalue weighted by Gasteiger charge is 2.23. The van der Waals surface area contributed by atoms with Gasteiger partial charge in [-0.3, -0.25) is 9.59 Å². The summed E-state index contributed by atoms with van der Waals surface area (Å²) in [5.74, 6) is -1.33. The summed E-state index contributed by atoms with van der Waals surface area (Å²) in [6.45, 7) is 7.90. The number of anilines is 1. The Morgan fingerprint density at radius 3 is 2.45 bits per heavy atom. The van der Waals surface area contributed by atoms with E-state index in [1.54, 1.807) is 13.0 Å². The average Bonchev–Trinajstić information content (AvgIpc) is 2.44. The Morgan fingerprint density at radius 1 is 1.23 bits per heavy atom. The van der Waals surface area contributed by atoms with Crippen molar-refractivity contribution in [1.82, 2.24) is 5.32 Å². The lowest BCUT2D eigenvalue weighted by Crippen LogP contribution is -2.41. The van der Waals surface area contributed by atoms with Crippen LogP contribution in [-0.4, -0.2) is 29.6 Å². The number of nitrogens with one attached hydrogen (secondary N) is 2. The van der Waals surface area contributed by atoms with Gasteiger partial charge in [-0.05, 0) is 36.8 Å². The van der Waals surface area contributed by atoms with E-state index in [-0.39, 0.29) is 5.41 Å². The molecule has 0 radical (unpaired) electrons. The number of aliphatic hydroxyl groups excluding tert-OH is 1. The monoisotopic (exact) mass is 306 g/mol. The molecule has 5 nitrogen and oxygen atoms in total. The predicted molar refractivity (Wildman–Crippen MR) is 87.5 cm³/mol. The molecule has 122 valence electrons. The van der Waals surface area contributed by atoms with Crippen LogP contribution in [0, 0.1) is 5.41 Å². The standard InChI is InChI=1S/C17H26N2O3/c1-5-13-8-6-7-9-14(13)19-16(22)15(21)18-11-17(3,4)10-12(2)20/h6-9,12,20H,5,10-11H2,1-4H3,(H,18,21)(H,19,22). The molecule has 22 heavy (non-hydrogen) atoms. The molecule has 2 amide bonds. The fraction of sp³-hybridized carbons (Fsp3) is 0.529. The van der Waals surface area contributed by atoms with Gasteiger partial charge in [-0.25, -0.2) is 0 Å². The first-order valence-electron chi connectivity index (χ1n) is 7.60. The lowest BCUT2D eigenvalue weighted by molar-refractivity contribution is -0.136. The molecule has 5 heteroatoms. The molecule has 0 bridgehead atoms. The van der Waals surface area contributed by atoms with Crippen LogP contribution in [0.25, 0.3) is 0 Å². The molecule has 1 rings (SSSR count). The van der Waals surface area contributed by atoms with Crippen molar-refractivity contribution in [2.24, 2.45) is 5.41 Å². The fourth-order valence-corrected chi connectivity index (χ4v) is 2.40. The van der Waals surface area contributed by atoms with E-state index in [1.807, 2.05) is 39.0 Å². The average molecular weight is 306 g/mol. The minimum atomic E-state index is -0.672. The molecule has 1 aromatic carbocycles. The van der Waals surface area contributed by atoms with Gasteiger partial charge < -0.3 is 15.7 Å². The zero-order valence-corrected chi connectivity index (χ0v) is 13.8. The third-order valence-electron chi connectivity index (χ3n) is 3.43. The SMILES string of the molecule is CCc1ccccc1NC(=O)C(=O)NCC(C)(C)CC(C)O. The summed E-state index contributed by atoms with van der Waals surface area (Å²) in [6, 6.07) is 7.41. The summed E-state index contributed by atoms with van der Waals surface area (Å²) in [6.07, 6.45) is 0.879. The molecular weight excluding hydrogens is 280 g/mol. The maximum absolute atomic E-state index is 11.9. The number of hydrogen-bond acceptors (Lipinski definition) is 3. The summed E-state index contributed by atoms with van der Waals surface area (Å²) in [7, 11) is 0. The van der Waals surface area contributed by atoms with E-state index >= 15 is 0 Å². The topological polar surface area (TPSA) is 78.4 Å². The van der Waals surface area contributed by atoms with Crippen LogP contribution in [0.1, 0.15) is 39.7 Å². The van der Waals surface area contributed by atoms with Crippen molar-refractivity contribution >= 4 is 17.5 Å². The fourth-order valence-electron chi connectivity index (χ4n) is 2.40. The number of rotatable bonds is 6. The summed E-state index contributed by atoms with van der Waals surface area (Å²) in [5.41, 5.74) is 1.37. The first-order chi connectivity index (χ1) is 10.2. The zero-order chi connectivity index (χ0) is 16.8. The molecular formula is C17H26N2O3. The molecule has 0 aliphatic heterocycles. The number of para-hydroxylation sites is 1. The number of hydrogen-bond donors (Lipinski definition) is 3. The summed E-state index contributed by atoms with van der Waals surface area (Å²) < 4.78 is 0. The van der Waals surface area contributed by atoms with Gasteiger partial charge in [-0.15, -0.1) is 0 Å². The molecule has 0 aliphatic rings. The summed E-state index contributed by atoms with van der Waals surface area (Å²) in [5, 5.41) is 14.7. The molecule has 0 fully saturated rings. The second-order valence-electron chi connectivity index (χ2n) is 6.36. The molecule has 0 spiro atoms. The van der Waals surface area contributed by atoms with E-state index in [4.69, 9.17) is 0 Å². The van der Waals surface area contributed by atoms with Crippen LogP contribution < -0.4 is 10.6 Å². The lowest BCUT2D eigenvalue weighted by atomic mass is 9.87. The van der Waals surface area contributed by atoms with E-state index in [9.17, 15) is 14.7 Å². The second-order valence-corrected chi connectivity index (χ2v) is 6.36. The van der Waals surface area contributed by atoms with Crippen LogP contribution in [0.4, 0.5) is 5.69 Å². The Bertz CT molecular complexity index is 524. The maximum atomic E-state index is 11.9. The van der Waals surface area contributed by atoms with Crippen molar-refractivity contribution in [1.29, 1.82) is 0 Å². The molecule has 0 saturated heterocycles. The molecule has 1 atom stereocenters. The largest absolute Gasteiger partial charge is 0.393 e. The number of aliphatic hydroxyl groups is 1. The van der Waals surface area contributed by atoms with Crippen molar-refractivity contribution in [2.75, 3.05) is 11.9 Å². The van der Waals surface area contributed by atoms with Gasteiger partial charge in [-0.2, -0.15) is 0 Å². The van der Waals surface area contributed by atoms with Gasteiger partial charge in [0.2, 0.25) is 0 Å². The zero-order valence-electron chi connectivity index (χ0n) is 13.8. The number of carbonyl (C=O) groups is 2. The van der Waals surface area contributed by atoms with Crippen LogP contribution in [0.2, 0.25) is 0 Å². The molecule has 1 unspecified atom stereocenters. The van der Waals surface area contributed by atoms with Crippen molar-refractivity contribution in [3.05, 3.63) is 29.8 Å². The van der Waals surface area contributed by atoms with Crippen LogP contribution >= 0.6 is 0 Å². The van der Waals surface area contributed by atoms with Crippen LogP contribution in [0.15, 0.2) is 24.3 Å². The van der Waals surface area contributed by atoms with Gasteiger partial charge in [0, 0.05) is 12.2 Å². The van der Waals surface area contributed by atoms with Gasteiger partial charge in [-0.1, -0.05) is 39.0 Å². The Balaban J connectivity index is 2.57. The maximum Gasteiger partial charge on any atom is 0.313 e. The van der Waals surface area contributed by atoms with Gasteiger partial charge in [0.1, 0.15) is 0 Å². The Labute approximate surface area is 132 Å². The Hall–Kier alpha value is -1.88. The second kappa shape index (κ2) is 7.94. The van der Waals surface area contributed by atoms with Gasteiger partial charge in [0.15, 0.2) is 0 Å². The molecule has 1 aromatic rings. The van der Waals surface area contributed by atoms with Crippen LogP contribution in [0.5, 0.6) is 0 Å². The highest BCUT2D eigenvalue weighted by molar-refractivity contribution is 6.39. The summed E-state index contributed by atoms with van der Waals surface area (Å²) in [4.78, 5) is 23.8. The number of amides is 2. The number of aryl methyl sites for hydroxylation is 1. The van der Waals surface area contributed by atoms with E-state index in [1.165, 1.54) is 0 Å². The number of carbonyl (C=O) groups excluding carboxylic acids is 2. The predicted octanol–water partition coefficient (Wildman–Crippen LogP) is 2.10. The van der Waals surface area contributed by atoms with E-state index in [2.05, 4.69) is 10.6 Å². The molecule has 0 aromatic heterocycles. The van der Waals surface area contributed by atoms with Crippen LogP contribution in [0.3, 0.4) is 0 Å². The Kier molecular flexibility index (Phi) is 6.56. The van der Waals surface area contributed by atoms with Crippen molar-refractivity contribution in [3.8, 4) is 0 Å². The lowest BCUT2D eigenvalue weighted by Gasteiger charge is -2.26. The molecule has 0 aliphatic carbocycles. The van der Waals surface area contributed by atoms with E-state index in [0.29, 0.717) is 18.7 Å². The third kappa shape index (κ3) is 5.85.